The average molecular weight is 339 g/mol. The Bertz CT molecular complexity index is 754. The lowest BCUT2D eigenvalue weighted by Crippen LogP contribution is -2.38. The molecule has 0 aromatic heterocycles. The van der Waals surface area contributed by atoms with E-state index in [1.165, 1.54) is 6.07 Å². The number of hydrogen-bond acceptors (Lipinski definition) is 5. The molecule has 2 atom stereocenters. The predicted octanol–water partition coefficient (Wildman–Crippen LogP) is 3.42. The van der Waals surface area contributed by atoms with Gasteiger partial charge in [-0.1, -0.05) is 36.4 Å². The van der Waals surface area contributed by atoms with Gasteiger partial charge >= 0.3 is 5.97 Å². The Morgan fingerprint density at radius 3 is 2.76 bits per heavy atom. The van der Waals surface area contributed by atoms with Gasteiger partial charge in [0.2, 0.25) is 0 Å². The van der Waals surface area contributed by atoms with Gasteiger partial charge in [-0.15, -0.1) is 0 Å². The molecule has 0 spiro atoms. The molecule has 0 saturated carbocycles. The quantitative estimate of drug-likeness (QED) is 0.525. The highest BCUT2D eigenvalue weighted by Crippen LogP contribution is 2.24. The van der Waals surface area contributed by atoms with Crippen LogP contribution in [0.2, 0.25) is 0 Å². The summed E-state index contributed by atoms with van der Waals surface area (Å²) in [6.45, 7) is 2.32. The Hall–Kier alpha value is -2.63. The van der Waals surface area contributed by atoms with Gasteiger partial charge in [0.1, 0.15) is 11.5 Å². The van der Waals surface area contributed by atoms with Gasteiger partial charge in [0, 0.05) is 6.07 Å². The van der Waals surface area contributed by atoms with Gasteiger partial charge < -0.3 is 19.3 Å². The van der Waals surface area contributed by atoms with Crippen LogP contribution in [0.5, 0.6) is 11.5 Å². The van der Waals surface area contributed by atoms with E-state index in [2.05, 4.69) is 6.07 Å². The van der Waals surface area contributed by atoms with Gasteiger partial charge in [-0.3, -0.25) is 0 Å². The van der Waals surface area contributed by atoms with E-state index in [0.717, 1.165) is 12.0 Å². The summed E-state index contributed by atoms with van der Waals surface area (Å²) in [6.07, 6.45) is 3.36. The Balaban J connectivity index is 1.71. The molecule has 1 N–H and O–H groups in total. The molecule has 1 aliphatic rings. The van der Waals surface area contributed by atoms with E-state index >= 15 is 0 Å². The van der Waals surface area contributed by atoms with E-state index in [4.69, 9.17) is 14.2 Å². The van der Waals surface area contributed by atoms with Crippen molar-refractivity contribution in [1.29, 1.82) is 0 Å². The average Bonchev–Trinajstić information content (AvgIpc) is 2.60. The summed E-state index contributed by atoms with van der Waals surface area (Å²) in [5.74, 6) is -0.396. The van der Waals surface area contributed by atoms with Gasteiger partial charge in [0.15, 0.2) is 0 Å². The fourth-order valence-corrected chi connectivity index (χ4v) is 2.41. The van der Waals surface area contributed by atoms with E-state index in [1.54, 1.807) is 12.1 Å². The number of hydrogen-bond donors (Lipinski definition) is 1. The highest BCUT2D eigenvalue weighted by atomic mass is 16.7. The van der Waals surface area contributed by atoms with Crippen LogP contribution in [0.1, 0.15) is 24.5 Å². The van der Waals surface area contributed by atoms with E-state index < -0.39 is 12.3 Å². The molecule has 1 radical (unpaired) electrons. The number of ether oxygens (including phenoxy) is 3. The molecular formula is C20H19O5. The van der Waals surface area contributed by atoms with Crippen molar-refractivity contribution < 1.29 is 24.1 Å². The van der Waals surface area contributed by atoms with Crippen molar-refractivity contribution in [3.8, 4) is 11.5 Å². The number of phenolic OH excluding ortho intramolecular Hbond substituents is 1. The highest BCUT2D eigenvalue weighted by Gasteiger charge is 2.28. The lowest BCUT2D eigenvalue weighted by molar-refractivity contribution is -0.219. The molecule has 0 bridgehead atoms. The number of rotatable bonds is 4. The molecule has 1 fully saturated rings. The Kier molecular flexibility index (Phi) is 5.48. The number of phenols is 1. The molecule has 1 heterocycles. The third-order valence-electron chi connectivity index (χ3n) is 3.69. The third-order valence-corrected chi connectivity index (χ3v) is 3.69. The van der Waals surface area contributed by atoms with Crippen LogP contribution in [-0.4, -0.2) is 30.1 Å². The Morgan fingerprint density at radius 2 is 2.00 bits per heavy atom. The third kappa shape index (κ3) is 4.92. The van der Waals surface area contributed by atoms with Crippen LogP contribution >= 0.6 is 0 Å². The minimum absolute atomic E-state index is 0.00481. The van der Waals surface area contributed by atoms with Crippen molar-refractivity contribution in [1.82, 2.24) is 0 Å². The van der Waals surface area contributed by atoms with Crippen LogP contribution in [0, 0.1) is 6.07 Å². The van der Waals surface area contributed by atoms with Crippen LogP contribution in [0.15, 0.2) is 42.5 Å². The second-order valence-corrected chi connectivity index (χ2v) is 5.79. The first-order chi connectivity index (χ1) is 12.1. The van der Waals surface area contributed by atoms with Gasteiger partial charge in [0.25, 0.3) is 6.29 Å². The van der Waals surface area contributed by atoms with Crippen molar-refractivity contribution in [2.45, 2.75) is 25.7 Å². The molecule has 5 heteroatoms. The maximum absolute atomic E-state index is 12.1. The zero-order chi connectivity index (χ0) is 17.6. The molecule has 1 saturated heterocycles. The molecule has 0 unspecified atom stereocenters. The first-order valence-corrected chi connectivity index (χ1v) is 8.07. The predicted molar refractivity (Wildman–Crippen MR) is 92.9 cm³/mol. The van der Waals surface area contributed by atoms with Gasteiger partial charge in [-0.2, -0.15) is 0 Å². The standard InChI is InChI=1S/C20H19O5/c1-14-9-10-23-20(24-14)19(22)25-18-12-16(11-17(21)13-18)8-7-15-5-3-2-4-6-15/h3-8,11-14,20-21H,9-10H2,1H3/b8-7+/t14-,20+/m1/s1. The molecule has 0 aliphatic carbocycles. The second-order valence-electron chi connectivity index (χ2n) is 5.79. The van der Waals surface area contributed by atoms with Crippen LogP contribution in [-0.2, 0) is 14.3 Å². The summed E-state index contributed by atoms with van der Waals surface area (Å²) >= 11 is 0. The second kappa shape index (κ2) is 7.96. The molecule has 3 rings (SSSR count). The summed E-state index contributed by atoms with van der Waals surface area (Å²) in [5.41, 5.74) is 1.70. The van der Waals surface area contributed by atoms with Gasteiger partial charge in [-0.05, 0) is 42.7 Å². The SMILES string of the molecule is C[C@@H]1CCO[C@H](C(=O)Oc2cc(O)cc(/C=C/c3cc[c]cc3)c2)O1. The number of aromatic hydroxyl groups is 1. The van der Waals surface area contributed by atoms with Crippen molar-refractivity contribution in [3.05, 3.63) is 59.7 Å². The summed E-state index contributed by atoms with van der Waals surface area (Å²) in [7, 11) is 0. The first kappa shape index (κ1) is 17.2. The largest absolute Gasteiger partial charge is 0.508 e. The van der Waals surface area contributed by atoms with Crippen LogP contribution in [0.4, 0.5) is 0 Å². The summed E-state index contributed by atoms with van der Waals surface area (Å²) in [6, 6.07) is 15.0. The number of carbonyl (C=O) groups excluding carboxylic acids is 1. The van der Waals surface area contributed by atoms with Crippen molar-refractivity contribution in [2.24, 2.45) is 0 Å². The number of carbonyl (C=O) groups is 1. The molecule has 5 nitrogen and oxygen atoms in total. The fourth-order valence-electron chi connectivity index (χ4n) is 2.41. The van der Waals surface area contributed by atoms with Gasteiger partial charge in [0.05, 0.1) is 12.7 Å². The lowest BCUT2D eigenvalue weighted by atomic mass is 10.1. The summed E-state index contributed by atoms with van der Waals surface area (Å²) in [4.78, 5) is 12.1. The zero-order valence-corrected chi connectivity index (χ0v) is 13.8. The van der Waals surface area contributed by atoms with Crippen molar-refractivity contribution in [3.63, 3.8) is 0 Å². The Morgan fingerprint density at radius 1 is 1.24 bits per heavy atom. The maximum atomic E-state index is 12.1. The van der Waals surface area contributed by atoms with Crippen molar-refractivity contribution in [2.75, 3.05) is 6.61 Å². The smallest absolute Gasteiger partial charge is 0.368 e. The molecule has 1 aliphatic heterocycles. The van der Waals surface area contributed by atoms with Crippen LogP contribution in [0.3, 0.4) is 0 Å². The number of esters is 1. The Labute approximate surface area is 146 Å². The normalized spacial score (nSPS) is 20.5. The van der Waals surface area contributed by atoms with Gasteiger partial charge in [-0.25, -0.2) is 4.79 Å². The van der Waals surface area contributed by atoms with E-state index in [-0.39, 0.29) is 17.6 Å². The fraction of sp³-hybridized carbons (Fsp3) is 0.250. The van der Waals surface area contributed by atoms with E-state index in [1.807, 2.05) is 43.3 Å². The molecule has 129 valence electrons. The van der Waals surface area contributed by atoms with Crippen LogP contribution in [0.25, 0.3) is 12.2 Å². The van der Waals surface area contributed by atoms with Crippen LogP contribution < -0.4 is 4.74 Å². The zero-order valence-electron chi connectivity index (χ0n) is 13.8. The van der Waals surface area contributed by atoms with E-state index in [0.29, 0.717) is 12.2 Å². The van der Waals surface area contributed by atoms with Crippen molar-refractivity contribution >= 4 is 18.1 Å². The first-order valence-electron chi connectivity index (χ1n) is 8.07. The topological polar surface area (TPSA) is 65.0 Å². The summed E-state index contributed by atoms with van der Waals surface area (Å²) < 4.78 is 16.0. The van der Waals surface area contributed by atoms with E-state index in [9.17, 15) is 9.90 Å². The highest BCUT2D eigenvalue weighted by molar-refractivity contribution is 5.77. The number of benzene rings is 2. The minimum Gasteiger partial charge on any atom is -0.508 e. The lowest BCUT2D eigenvalue weighted by Gasteiger charge is -2.26. The molecule has 2 aromatic carbocycles. The monoisotopic (exact) mass is 339 g/mol. The molecule has 0 amide bonds. The molecule has 25 heavy (non-hydrogen) atoms. The molecular weight excluding hydrogens is 320 g/mol. The minimum atomic E-state index is -1.04. The molecule has 2 aromatic rings. The maximum Gasteiger partial charge on any atom is 0.368 e. The summed E-state index contributed by atoms with van der Waals surface area (Å²) in [5, 5.41) is 9.86.